The Morgan fingerprint density at radius 3 is 1.53 bits per heavy atom. The Kier molecular flexibility index (Phi) is 35.2. The van der Waals surface area contributed by atoms with Gasteiger partial charge in [-0.1, -0.05) is 154 Å². The van der Waals surface area contributed by atoms with E-state index >= 15 is 0 Å². The largest absolute Gasteiger partial charge is 0.472 e. The molecular formula is C39H74NO8P. The Bertz CT molecular complexity index is 866. The van der Waals surface area contributed by atoms with E-state index in [0.717, 1.165) is 51.4 Å². The Morgan fingerprint density at radius 1 is 0.612 bits per heavy atom. The molecule has 0 rings (SSSR count). The van der Waals surface area contributed by atoms with E-state index in [0.29, 0.717) is 12.8 Å². The third kappa shape index (κ3) is 36.1. The zero-order valence-electron chi connectivity index (χ0n) is 31.4. The molecule has 288 valence electrons. The van der Waals surface area contributed by atoms with Crippen LogP contribution in [0.25, 0.3) is 0 Å². The first-order chi connectivity index (χ1) is 23.8. The molecule has 0 aromatic carbocycles. The predicted molar refractivity (Wildman–Crippen MR) is 201 cm³/mol. The minimum atomic E-state index is -4.37. The van der Waals surface area contributed by atoms with E-state index in [1.807, 2.05) is 0 Å². The molecule has 0 aliphatic carbocycles. The number of carbonyl (C=O) groups is 2. The van der Waals surface area contributed by atoms with Crippen LogP contribution in [-0.4, -0.2) is 49.3 Å². The van der Waals surface area contributed by atoms with Crippen molar-refractivity contribution < 1.29 is 37.6 Å². The van der Waals surface area contributed by atoms with Crippen molar-refractivity contribution in [2.45, 2.75) is 187 Å². The van der Waals surface area contributed by atoms with Crippen LogP contribution in [-0.2, 0) is 32.7 Å². The number of unbranched alkanes of at least 4 members (excludes halogenated alkanes) is 21. The van der Waals surface area contributed by atoms with Gasteiger partial charge in [0.1, 0.15) is 6.61 Å². The third-order valence-electron chi connectivity index (χ3n) is 8.37. The molecule has 0 saturated heterocycles. The summed E-state index contributed by atoms with van der Waals surface area (Å²) in [6.45, 7) is 3.69. The van der Waals surface area contributed by atoms with Crippen LogP contribution < -0.4 is 5.73 Å². The molecule has 2 atom stereocenters. The Balaban J connectivity index is 4.22. The van der Waals surface area contributed by atoms with Gasteiger partial charge in [-0.15, -0.1) is 0 Å². The lowest BCUT2D eigenvalue weighted by Crippen LogP contribution is -2.29. The highest BCUT2D eigenvalue weighted by molar-refractivity contribution is 7.47. The summed E-state index contributed by atoms with van der Waals surface area (Å²) in [5.41, 5.74) is 5.33. The highest BCUT2D eigenvalue weighted by Crippen LogP contribution is 2.43. The van der Waals surface area contributed by atoms with Crippen LogP contribution in [0.5, 0.6) is 0 Å². The molecular weight excluding hydrogens is 641 g/mol. The van der Waals surface area contributed by atoms with Gasteiger partial charge in [-0.05, 0) is 38.5 Å². The minimum absolute atomic E-state index is 0.0526. The molecule has 3 N–H and O–H groups in total. The number of phosphoric ester groups is 1. The number of rotatable bonds is 37. The average Bonchev–Trinajstić information content (AvgIpc) is 3.08. The molecule has 0 aromatic rings. The maximum absolute atomic E-state index is 12.5. The van der Waals surface area contributed by atoms with E-state index in [1.165, 1.54) is 89.9 Å². The maximum Gasteiger partial charge on any atom is 0.472 e. The summed E-state index contributed by atoms with van der Waals surface area (Å²) < 4.78 is 32.7. The molecule has 0 aliphatic heterocycles. The number of ether oxygens (including phenoxy) is 2. The van der Waals surface area contributed by atoms with Gasteiger partial charge in [-0.3, -0.25) is 18.6 Å². The summed E-state index contributed by atoms with van der Waals surface area (Å²) in [4.78, 5) is 34.7. The lowest BCUT2D eigenvalue weighted by Gasteiger charge is -2.19. The van der Waals surface area contributed by atoms with Crippen molar-refractivity contribution in [2.24, 2.45) is 5.73 Å². The van der Waals surface area contributed by atoms with Crippen molar-refractivity contribution >= 4 is 19.8 Å². The minimum Gasteiger partial charge on any atom is -0.462 e. The summed E-state index contributed by atoms with van der Waals surface area (Å²) in [6.07, 6.45) is 36.3. The first kappa shape index (κ1) is 47.5. The topological polar surface area (TPSA) is 134 Å². The molecule has 0 spiro atoms. The number of esters is 2. The van der Waals surface area contributed by atoms with Gasteiger partial charge in [0.05, 0.1) is 13.2 Å². The molecule has 9 nitrogen and oxygen atoms in total. The lowest BCUT2D eigenvalue weighted by atomic mass is 10.0. The molecule has 49 heavy (non-hydrogen) atoms. The molecule has 0 fully saturated rings. The Hall–Kier alpha value is -1.51. The van der Waals surface area contributed by atoms with E-state index in [1.54, 1.807) is 0 Å². The van der Waals surface area contributed by atoms with Gasteiger partial charge in [0, 0.05) is 19.4 Å². The van der Waals surface area contributed by atoms with E-state index in [2.05, 4.69) is 38.2 Å². The van der Waals surface area contributed by atoms with Crippen molar-refractivity contribution in [1.82, 2.24) is 0 Å². The third-order valence-corrected chi connectivity index (χ3v) is 9.35. The van der Waals surface area contributed by atoms with E-state index in [-0.39, 0.29) is 32.6 Å². The molecule has 0 saturated carbocycles. The van der Waals surface area contributed by atoms with Gasteiger partial charge < -0.3 is 20.1 Å². The highest BCUT2D eigenvalue weighted by Gasteiger charge is 2.25. The number of allylic oxidation sites excluding steroid dienone is 4. The molecule has 0 bridgehead atoms. The second-order valence-corrected chi connectivity index (χ2v) is 14.6. The van der Waals surface area contributed by atoms with Crippen LogP contribution in [0.1, 0.15) is 181 Å². The summed E-state index contributed by atoms with van der Waals surface area (Å²) in [6, 6.07) is 0. The number of hydrogen-bond donors (Lipinski definition) is 2. The molecule has 10 heteroatoms. The number of carbonyl (C=O) groups excluding carboxylic acids is 2. The fraction of sp³-hybridized carbons (Fsp3) is 0.846. The molecule has 0 radical (unpaired) electrons. The standard InChI is InChI=1S/C39H74NO8P/c1-3-5-7-9-11-13-15-17-18-20-21-23-25-27-29-31-38(41)45-35-37(36-47-49(43,44)46-34-33-40)48-39(42)32-30-28-26-24-22-19-16-14-12-10-8-6-4-2/h13,15,17-18,37H,3-12,14,16,19-36,40H2,1-2H3,(H,43,44)/b15-13+,18-17+/t37-/m1/s1. The second-order valence-electron chi connectivity index (χ2n) is 13.2. The smallest absolute Gasteiger partial charge is 0.462 e. The van der Waals surface area contributed by atoms with Gasteiger partial charge in [0.2, 0.25) is 0 Å². The van der Waals surface area contributed by atoms with Gasteiger partial charge in [-0.2, -0.15) is 0 Å². The quantitative estimate of drug-likeness (QED) is 0.0279. The Labute approximate surface area is 300 Å². The van der Waals surface area contributed by atoms with Crippen molar-refractivity contribution in [3.05, 3.63) is 24.3 Å². The highest BCUT2D eigenvalue weighted by atomic mass is 31.2. The van der Waals surface area contributed by atoms with Gasteiger partial charge >= 0.3 is 19.8 Å². The van der Waals surface area contributed by atoms with E-state index in [9.17, 15) is 19.0 Å². The van der Waals surface area contributed by atoms with Crippen LogP contribution >= 0.6 is 7.82 Å². The zero-order valence-corrected chi connectivity index (χ0v) is 32.3. The first-order valence-electron chi connectivity index (χ1n) is 19.8. The number of nitrogens with two attached hydrogens (primary N) is 1. The van der Waals surface area contributed by atoms with Gasteiger partial charge in [-0.25, -0.2) is 4.57 Å². The number of hydrogen-bond acceptors (Lipinski definition) is 8. The molecule has 0 aromatic heterocycles. The van der Waals surface area contributed by atoms with Gasteiger partial charge in [0.25, 0.3) is 0 Å². The van der Waals surface area contributed by atoms with Crippen LogP contribution in [0.15, 0.2) is 24.3 Å². The van der Waals surface area contributed by atoms with Crippen molar-refractivity contribution in [3.8, 4) is 0 Å². The normalized spacial score (nSPS) is 13.6. The monoisotopic (exact) mass is 716 g/mol. The average molecular weight is 716 g/mol. The van der Waals surface area contributed by atoms with Crippen LogP contribution in [0.4, 0.5) is 0 Å². The van der Waals surface area contributed by atoms with Crippen LogP contribution in [0.3, 0.4) is 0 Å². The van der Waals surface area contributed by atoms with Crippen molar-refractivity contribution in [3.63, 3.8) is 0 Å². The Morgan fingerprint density at radius 2 is 1.04 bits per heavy atom. The first-order valence-corrected chi connectivity index (χ1v) is 21.3. The van der Waals surface area contributed by atoms with Crippen molar-refractivity contribution in [1.29, 1.82) is 0 Å². The number of phosphoric acid groups is 1. The molecule has 0 amide bonds. The molecule has 1 unspecified atom stereocenters. The van der Waals surface area contributed by atoms with Gasteiger partial charge in [0.15, 0.2) is 6.10 Å². The lowest BCUT2D eigenvalue weighted by molar-refractivity contribution is -0.161. The fourth-order valence-corrected chi connectivity index (χ4v) is 6.15. The van der Waals surface area contributed by atoms with Crippen molar-refractivity contribution in [2.75, 3.05) is 26.4 Å². The SMILES string of the molecule is CCCCCC/C=C/C=C/CCCCCCCC(=O)OC[C@H](COP(=O)(O)OCCN)OC(=O)CCCCCCCCCCCCCCC. The summed E-state index contributed by atoms with van der Waals surface area (Å²) in [5, 5.41) is 0. The summed E-state index contributed by atoms with van der Waals surface area (Å²) in [7, 11) is -4.37. The summed E-state index contributed by atoms with van der Waals surface area (Å²) >= 11 is 0. The predicted octanol–water partition coefficient (Wildman–Crippen LogP) is 10.8. The summed E-state index contributed by atoms with van der Waals surface area (Å²) in [5.74, 6) is -0.842. The maximum atomic E-state index is 12.5. The van der Waals surface area contributed by atoms with Crippen LogP contribution in [0, 0.1) is 0 Å². The second kappa shape index (κ2) is 36.3. The van der Waals surface area contributed by atoms with Crippen LogP contribution in [0.2, 0.25) is 0 Å². The van der Waals surface area contributed by atoms with E-state index < -0.39 is 32.5 Å². The molecule has 0 aliphatic rings. The zero-order chi connectivity index (χ0) is 36.1. The van der Waals surface area contributed by atoms with E-state index in [4.69, 9.17) is 24.3 Å². The fourth-order valence-electron chi connectivity index (χ4n) is 5.39. The molecule has 0 heterocycles.